The zero-order valence-corrected chi connectivity index (χ0v) is 12.4. The average molecular weight is 283 g/mol. The van der Waals surface area contributed by atoms with Crippen molar-refractivity contribution in [2.75, 3.05) is 19.6 Å². The lowest BCUT2D eigenvalue weighted by Crippen LogP contribution is -2.47. The number of likely N-dealkylation sites (tertiary alicyclic amines) is 1. The zero-order chi connectivity index (χ0) is 14.7. The van der Waals surface area contributed by atoms with Crippen LogP contribution in [0.25, 0.3) is 10.9 Å². The lowest BCUT2D eigenvalue weighted by atomic mass is 10.0. The number of hydrogen-bond donors (Lipinski definition) is 1. The number of likely N-dealkylation sites (N-methyl/N-ethyl adjacent to an activating group) is 1. The minimum Gasteiger partial charge on any atom is -0.337 e. The molecule has 0 radical (unpaired) electrons. The fraction of sp³-hybridized carbons (Fsp3) is 0.412. The summed E-state index contributed by atoms with van der Waals surface area (Å²) in [4.78, 5) is 18.9. The molecule has 0 aliphatic carbocycles. The Hall–Kier alpha value is -1.94. The van der Waals surface area contributed by atoms with E-state index >= 15 is 0 Å². The Balaban J connectivity index is 1.79. The monoisotopic (exact) mass is 283 g/mol. The molecule has 2 heterocycles. The molecule has 0 spiro atoms. The van der Waals surface area contributed by atoms with Crippen LogP contribution in [0.5, 0.6) is 0 Å². The quantitative estimate of drug-likeness (QED) is 0.941. The molecule has 1 saturated heterocycles. The molecule has 4 heteroatoms. The fourth-order valence-electron chi connectivity index (χ4n) is 3.01. The van der Waals surface area contributed by atoms with Crippen molar-refractivity contribution in [1.29, 1.82) is 0 Å². The van der Waals surface area contributed by atoms with Crippen LogP contribution in [0.15, 0.2) is 36.5 Å². The molecule has 21 heavy (non-hydrogen) atoms. The first-order valence-corrected chi connectivity index (χ1v) is 7.65. The largest absolute Gasteiger partial charge is 0.337 e. The van der Waals surface area contributed by atoms with Gasteiger partial charge in [-0.25, -0.2) is 0 Å². The summed E-state index contributed by atoms with van der Waals surface area (Å²) in [5.41, 5.74) is 1.69. The molecular formula is C17H21N3O. The van der Waals surface area contributed by atoms with Crippen LogP contribution in [0.3, 0.4) is 0 Å². The first-order chi connectivity index (χ1) is 10.3. The molecular weight excluding hydrogens is 262 g/mol. The Bertz CT molecular complexity index is 639. The standard InChI is InChI=1S/C17H21N3O/c1-2-18-15-6-4-10-20(12-15)17(21)14-7-8-16-13(11-14)5-3-9-19-16/h3,5,7-9,11,15,18H,2,4,6,10,12H2,1H3. The predicted molar refractivity (Wildman–Crippen MR) is 84.3 cm³/mol. The average Bonchev–Trinajstić information content (AvgIpc) is 2.54. The highest BCUT2D eigenvalue weighted by molar-refractivity contribution is 5.98. The van der Waals surface area contributed by atoms with Gasteiger partial charge in [-0.15, -0.1) is 0 Å². The van der Waals surface area contributed by atoms with E-state index in [1.807, 2.05) is 35.2 Å². The Morgan fingerprint density at radius 1 is 1.43 bits per heavy atom. The molecule has 4 nitrogen and oxygen atoms in total. The fourth-order valence-corrected chi connectivity index (χ4v) is 3.01. The third-order valence-electron chi connectivity index (χ3n) is 4.05. The van der Waals surface area contributed by atoms with E-state index in [1.54, 1.807) is 6.20 Å². The second-order valence-corrected chi connectivity index (χ2v) is 5.56. The van der Waals surface area contributed by atoms with Crippen molar-refractivity contribution in [3.8, 4) is 0 Å². The number of fused-ring (bicyclic) bond motifs is 1. The van der Waals surface area contributed by atoms with Crippen LogP contribution in [0.4, 0.5) is 0 Å². The van der Waals surface area contributed by atoms with Crippen LogP contribution in [0.2, 0.25) is 0 Å². The first-order valence-electron chi connectivity index (χ1n) is 7.65. The maximum Gasteiger partial charge on any atom is 0.253 e. The summed E-state index contributed by atoms with van der Waals surface area (Å²) in [6, 6.07) is 10.1. The van der Waals surface area contributed by atoms with Crippen molar-refractivity contribution in [3.63, 3.8) is 0 Å². The van der Waals surface area contributed by atoms with E-state index in [0.29, 0.717) is 6.04 Å². The first kappa shape index (κ1) is 14.0. The van der Waals surface area contributed by atoms with Crippen LogP contribution in [0, 0.1) is 0 Å². The lowest BCUT2D eigenvalue weighted by Gasteiger charge is -2.33. The van der Waals surface area contributed by atoms with Gasteiger partial charge in [-0.1, -0.05) is 13.0 Å². The van der Waals surface area contributed by atoms with Gasteiger partial charge >= 0.3 is 0 Å². The zero-order valence-electron chi connectivity index (χ0n) is 12.4. The summed E-state index contributed by atoms with van der Waals surface area (Å²) in [7, 11) is 0. The molecule has 1 aliphatic heterocycles. The van der Waals surface area contributed by atoms with E-state index in [-0.39, 0.29) is 5.91 Å². The minimum atomic E-state index is 0.128. The number of nitrogens with zero attached hydrogens (tertiary/aromatic N) is 2. The van der Waals surface area contributed by atoms with E-state index in [2.05, 4.69) is 17.2 Å². The van der Waals surface area contributed by atoms with Crippen molar-refractivity contribution in [2.24, 2.45) is 0 Å². The van der Waals surface area contributed by atoms with Gasteiger partial charge in [-0.05, 0) is 43.7 Å². The summed E-state index contributed by atoms with van der Waals surface area (Å²) < 4.78 is 0. The van der Waals surface area contributed by atoms with E-state index in [0.717, 1.165) is 48.9 Å². The summed E-state index contributed by atoms with van der Waals surface area (Å²) in [5, 5.41) is 4.46. The van der Waals surface area contributed by atoms with Gasteiger partial charge < -0.3 is 10.2 Å². The van der Waals surface area contributed by atoms with Crippen LogP contribution in [-0.4, -0.2) is 41.5 Å². The van der Waals surface area contributed by atoms with Gasteiger partial charge in [0.05, 0.1) is 5.52 Å². The third-order valence-corrected chi connectivity index (χ3v) is 4.05. The van der Waals surface area contributed by atoms with Gasteiger partial charge in [0.15, 0.2) is 0 Å². The molecule has 1 N–H and O–H groups in total. The highest BCUT2D eigenvalue weighted by atomic mass is 16.2. The normalized spacial score (nSPS) is 18.9. The number of benzene rings is 1. The number of carbonyl (C=O) groups excluding carboxylic acids is 1. The summed E-state index contributed by atoms with van der Waals surface area (Å²) in [6.07, 6.45) is 3.99. The van der Waals surface area contributed by atoms with Gasteiger partial charge in [0.2, 0.25) is 0 Å². The van der Waals surface area contributed by atoms with Gasteiger partial charge in [0, 0.05) is 36.3 Å². The van der Waals surface area contributed by atoms with Crippen molar-refractivity contribution < 1.29 is 4.79 Å². The van der Waals surface area contributed by atoms with E-state index < -0.39 is 0 Å². The van der Waals surface area contributed by atoms with E-state index in [4.69, 9.17) is 0 Å². The Morgan fingerprint density at radius 2 is 2.33 bits per heavy atom. The maximum atomic E-state index is 12.7. The van der Waals surface area contributed by atoms with Crippen molar-refractivity contribution in [2.45, 2.75) is 25.8 Å². The summed E-state index contributed by atoms with van der Waals surface area (Å²) >= 11 is 0. The SMILES string of the molecule is CCNC1CCCN(C(=O)c2ccc3ncccc3c2)C1. The van der Waals surface area contributed by atoms with E-state index in [1.165, 1.54) is 0 Å². The second-order valence-electron chi connectivity index (χ2n) is 5.56. The molecule has 110 valence electrons. The number of pyridine rings is 1. The Morgan fingerprint density at radius 3 is 3.19 bits per heavy atom. The molecule has 0 bridgehead atoms. The second kappa shape index (κ2) is 6.22. The topological polar surface area (TPSA) is 45.2 Å². The molecule has 1 atom stereocenters. The smallest absolute Gasteiger partial charge is 0.253 e. The van der Waals surface area contributed by atoms with Crippen LogP contribution >= 0.6 is 0 Å². The van der Waals surface area contributed by atoms with Crippen LogP contribution < -0.4 is 5.32 Å². The lowest BCUT2D eigenvalue weighted by molar-refractivity contribution is 0.0696. The van der Waals surface area contributed by atoms with E-state index in [9.17, 15) is 4.79 Å². The summed E-state index contributed by atoms with van der Waals surface area (Å²) in [5.74, 6) is 0.128. The number of rotatable bonds is 3. The summed E-state index contributed by atoms with van der Waals surface area (Å²) in [6.45, 7) is 4.72. The molecule has 1 aliphatic rings. The van der Waals surface area contributed by atoms with Crippen molar-refractivity contribution in [3.05, 3.63) is 42.1 Å². The van der Waals surface area contributed by atoms with Gasteiger partial charge in [-0.2, -0.15) is 0 Å². The van der Waals surface area contributed by atoms with Gasteiger partial charge in [0.1, 0.15) is 0 Å². The molecule has 0 saturated carbocycles. The number of amides is 1. The van der Waals surface area contributed by atoms with Crippen molar-refractivity contribution in [1.82, 2.24) is 15.2 Å². The number of carbonyl (C=O) groups is 1. The minimum absolute atomic E-state index is 0.128. The maximum absolute atomic E-state index is 12.7. The highest BCUT2D eigenvalue weighted by Gasteiger charge is 2.23. The molecule has 1 fully saturated rings. The molecule has 1 amide bonds. The molecule has 3 rings (SSSR count). The Labute approximate surface area is 125 Å². The number of aromatic nitrogens is 1. The van der Waals surface area contributed by atoms with Crippen LogP contribution in [0.1, 0.15) is 30.1 Å². The predicted octanol–water partition coefficient (Wildman–Crippen LogP) is 2.45. The molecule has 2 aromatic rings. The number of hydrogen-bond acceptors (Lipinski definition) is 3. The van der Waals surface area contributed by atoms with Crippen LogP contribution in [-0.2, 0) is 0 Å². The number of nitrogens with one attached hydrogen (secondary N) is 1. The highest BCUT2D eigenvalue weighted by Crippen LogP contribution is 2.17. The molecule has 1 unspecified atom stereocenters. The number of piperidine rings is 1. The Kier molecular flexibility index (Phi) is 4.15. The molecule has 1 aromatic heterocycles. The molecule has 1 aromatic carbocycles. The van der Waals surface area contributed by atoms with Crippen molar-refractivity contribution >= 4 is 16.8 Å². The van der Waals surface area contributed by atoms with Gasteiger partial charge in [-0.3, -0.25) is 9.78 Å². The van der Waals surface area contributed by atoms with Gasteiger partial charge in [0.25, 0.3) is 5.91 Å². The third kappa shape index (κ3) is 3.05.